The standard InChI is InChI=1S/2C35H40F6N2O4.Li.H2O.2H2S/c2*1-18(2)10-27(43-17-22(8-9-42(6)7)25(16-29(43)45)35(39,40)41)28(44)14-23(15-30(46)47)32-33(37)21(5)13-24(34(32)38)31-20(4)11-19(3)12-26(31)36;;;;/h2*11-13,16-18,23,27H,8-10,14-15H2,1-7H3,(H,46,47);;3*1H2/q;;+1;;;/p-1/t2*23-,27?;;;;/m00..../s1. The molecule has 536 valence electrons. The molecule has 0 aliphatic carbocycles. The number of carboxylic acid groups (broad SMARTS) is 2. The van der Waals surface area contributed by atoms with Crippen LogP contribution in [-0.4, -0.2) is 99.4 Å². The molecule has 28 heteroatoms. The van der Waals surface area contributed by atoms with E-state index in [0.29, 0.717) is 34.4 Å². The van der Waals surface area contributed by atoms with Gasteiger partial charge in [0, 0.05) is 95.7 Å². The van der Waals surface area contributed by atoms with Crippen molar-refractivity contribution in [2.24, 2.45) is 11.8 Å². The first-order valence-corrected chi connectivity index (χ1v) is 30.4. The minimum Gasteiger partial charge on any atom is -0.870 e. The molecule has 4 aromatic carbocycles. The molecule has 13 nitrogen and oxygen atoms in total. The fourth-order valence-electron chi connectivity index (χ4n) is 11.9. The van der Waals surface area contributed by atoms with Gasteiger partial charge in [-0.2, -0.15) is 53.3 Å². The van der Waals surface area contributed by atoms with Crippen LogP contribution in [0.2, 0.25) is 0 Å². The van der Waals surface area contributed by atoms with Crippen molar-refractivity contribution in [3.8, 4) is 22.3 Å². The van der Waals surface area contributed by atoms with Crippen LogP contribution in [0.4, 0.5) is 52.7 Å². The fourth-order valence-corrected chi connectivity index (χ4v) is 11.9. The summed E-state index contributed by atoms with van der Waals surface area (Å²) in [5, 5.41) is 19.4. The number of likely N-dealkylation sites (N-methyl/N-ethyl adjacent to an activating group) is 2. The van der Waals surface area contributed by atoms with Gasteiger partial charge >= 0.3 is 43.2 Å². The number of aliphatic carboxylic acids is 2. The number of rotatable bonds is 26. The van der Waals surface area contributed by atoms with Crippen LogP contribution in [0.5, 0.6) is 0 Å². The molecule has 0 saturated heterocycles. The van der Waals surface area contributed by atoms with Crippen LogP contribution < -0.4 is 30.0 Å². The first-order valence-electron chi connectivity index (χ1n) is 30.4. The molecule has 6 rings (SSSR count). The number of carbonyl (C=O) groups is 4. The van der Waals surface area contributed by atoms with E-state index in [2.05, 4.69) is 0 Å². The third-order valence-corrected chi connectivity index (χ3v) is 16.2. The molecule has 0 radical (unpaired) electrons. The zero-order valence-corrected chi connectivity index (χ0v) is 59.4. The maximum Gasteiger partial charge on any atom is 1.00 e. The van der Waals surface area contributed by atoms with Gasteiger partial charge in [-0.3, -0.25) is 28.8 Å². The van der Waals surface area contributed by atoms with E-state index in [4.69, 9.17) is 0 Å². The normalized spacial score (nSPS) is 12.8. The molecule has 3 N–H and O–H groups in total. The molecule has 2 unspecified atom stereocenters. The maximum absolute atomic E-state index is 16.3. The third-order valence-electron chi connectivity index (χ3n) is 16.2. The van der Waals surface area contributed by atoms with Crippen molar-refractivity contribution >= 4 is 50.5 Å². The summed E-state index contributed by atoms with van der Waals surface area (Å²) in [5.41, 5.74) is -5.59. The monoisotopic (exact) mass is 1420 g/mol. The summed E-state index contributed by atoms with van der Waals surface area (Å²) in [5.74, 6) is -14.4. The number of Topliss-reactive ketones (excluding diaryl/α,β-unsaturated/α-hetero) is 2. The van der Waals surface area contributed by atoms with Crippen molar-refractivity contribution in [2.45, 2.75) is 157 Å². The number of hydrogen-bond donors (Lipinski definition) is 2. The van der Waals surface area contributed by atoms with Gasteiger partial charge in [0.1, 0.15) is 34.9 Å². The van der Waals surface area contributed by atoms with E-state index in [1.165, 1.54) is 26.0 Å². The minimum absolute atomic E-state index is 0. The Labute approximate surface area is 588 Å². The van der Waals surface area contributed by atoms with Gasteiger partial charge in [-0.1, -0.05) is 39.8 Å². The Morgan fingerprint density at radius 2 is 0.786 bits per heavy atom. The zero-order valence-electron chi connectivity index (χ0n) is 57.4. The predicted molar refractivity (Wildman–Crippen MR) is 357 cm³/mol. The van der Waals surface area contributed by atoms with E-state index in [1.807, 2.05) is 0 Å². The Morgan fingerprint density at radius 3 is 1.04 bits per heavy atom. The number of aromatic nitrogens is 2. The van der Waals surface area contributed by atoms with Crippen molar-refractivity contribution < 1.29 is 106 Å². The molecule has 2 aromatic heterocycles. The van der Waals surface area contributed by atoms with Gasteiger partial charge in [0.15, 0.2) is 11.6 Å². The van der Waals surface area contributed by atoms with E-state index in [0.717, 1.165) is 33.7 Å². The maximum atomic E-state index is 16.3. The molecule has 0 spiro atoms. The average molecular weight is 1430 g/mol. The molecule has 98 heavy (non-hydrogen) atoms. The minimum atomic E-state index is -4.84. The van der Waals surface area contributed by atoms with Crippen molar-refractivity contribution in [2.75, 3.05) is 41.3 Å². The topological polar surface area (TPSA) is 189 Å². The Balaban J connectivity index is 0.000000942. The molecular weight excluding hydrogens is 1340 g/mol. The zero-order chi connectivity index (χ0) is 71.1. The molecule has 0 aliphatic heterocycles. The van der Waals surface area contributed by atoms with Gasteiger partial charge in [-0.05, 0) is 176 Å². The molecule has 4 atom stereocenters. The van der Waals surface area contributed by atoms with E-state index in [-0.39, 0.29) is 146 Å². The summed E-state index contributed by atoms with van der Waals surface area (Å²) >= 11 is 0. The Hall–Kier alpha value is -6.60. The second-order valence-corrected chi connectivity index (χ2v) is 25.7. The number of alkyl halides is 6. The largest absolute Gasteiger partial charge is 1.00 e. The van der Waals surface area contributed by atoms with Gasteiger partial charge in [-0.25, -0.2) is 26.3 Å². The van der Waals surface area contributed by atoms with Crippen molar-refractivity contribution in [3.63, 3.8) is 0 Å². The van der Waals surface area contributed by atoms with Gasteiger partial charge in [0.05, 0.1) is 36.1 Å². The second kappa shape index (κ2) is 37.2. The summed E-state index contributed by atoms with van der Waals surface area (Å²) in [4.78, 5) is 81.5. The predicted octanol–water partition coefficient (Wildman–Crippen LogP) is 12.6. The number of benzene rings is 4. The number of aryl methyl sites for hydroxylation is 6. The molecule has 0 fully saturated rings. The van der Waals surface area contributed by atoms with Crippen LogP contribution in [0.3, 0.4) is 0 Å². The van der Waals surface area contributed by atoms with E-state index >= 15 is 26.3 Å². The van der Waals surface area contributed by atoms with Crippen LogP contribution in [0.25, 0.3) is 22.3 Å². The van der Waals surface area contributed by atoms with E-state index in [9.17, 15) is 65.3 Å². The van der Waals surface area contributed by atoms with E-state index in [1.54, 1.807) is 106 Å². The number of carboxylic acids is 2. The third kappa shape index (κ3) is 22.7. The molecular formula is C70H85F12LiN4O9S2. The van der Waals surface area contributed by atoms with Crippen LogP contribution in [0.1, 0.15) is 157 Å². The quantitative estimate of drug-likeness (QED) is 0.0388. The number of nitrogens with zero attached hydrogens (tertiary/aromatic N) is 4. The van der Waals surface area contributed by atoms with Gasteiger partial charge in [-0.15, -0.1) is 0 Å². The van der Waals surface area contributed by atoms with Crippen LogP contribution in [-0.2, 0) is 44.4 Å². The molecule has 0 bridgehead atoms. The van der Waals surface area contributed by atoms with Crippen molar-refractivity contribution in [3.05, 3.63) is 183 Å². The first-order chi connectivity index (χ1) is 43.4. The molecule has 6 aromatic rings. The summed E-state index contributed by atoms with van der Waals surface area (Å²) < 4.78 is 179. The van der Waals surface area contributed by atoms with Crippen molar-refractivity contribution in [1.82, 2.24) is 18.9 Å². The number of carbonyl (C=O) groups excluding carboxylic acids is 2. The Kier molecular flexibility index (Phi) is 33.9. The number of ketones is 2. The average Bonchev–Trinajstić information content (AvgIpc) is 0.724. The van der Waals surface area contributed by atoms with Crippen LogP contribution in [0.15, 0.2) is 70.5 Å². The van der Waals surface area contributed by atoms with Gasteiger partial charge in [0.2, 0.25) is 0 Å². The molecule has 0 aliphatic rings. The molecule has 0 amide bonds. The summed E-state index contributed by atoms with van der Waals surface area (Å²) in [6, 6.07) is 5.99. The summed E-state index contributed by atoms with van der Waals surface area (Å²) in [7, 11) is 6.67. The van der Waals surface area contributed by atoms with Crippen molar-refractivity contribution in [1.29, 1.82) is 0 Å². The SMILES string of the molecule is Cc1cc(C)c(-c2cc(C)c(F)c([C@H](CC(=O)O)CC(=O)C(CC(C)C)n3cc(CCN(C)C)c(C(F)(F)F)cc3=O)c2F)c(F)c1.Cc1cc(C)c(-c2cc(C)c(F)c([C@H](CC(=O)O)CC(=O)C(CC(C)C)n3cc(CCN(C)C)c(C(F)(F)F)cc3=O)c2F)c(F)c1.S.S.[Li+].[OH-]. The molecule has 2 heterocycles. The van der Waals surface area contributed by atoms with Crippen LogP contribution >= 0.6 is 27.0 Å². The number of hydrogen-bond acceptors (Lipinski definition) is 9. The number of halogens is 12. The summed E-state index contributed by atoms with van der Waals surface area (Å²) in [6.07, 6.45) is -11.2. The smallest absolute Gasteiger partial charge is 0.870 e. The van der Waals surface area contributed by atoms with Gasteiger partial charge in [0.25, 0.3) is 11.1 Å². The Morgan fingerprint density at radius 1 is 0.480 bits per heavy atom. The van der Waals surface area contributed by atoms with Crippen LogP contribution in [0, 0.1) is 88.3 Å². The number of pyridine rings is 2. The molecule has 0 saturated carbocycles. The fraction of sp³-hybridized carbons (Fsp3) is 0.457. The van der Waals surface area contributed by atoms with E-state index < -0.39 is 154 Å². The first kappa shape index (κ1) is 89.4. The van der Waals surface area contributed by atoms with Gasteiger partial charge < -0.3 is 34.6 Å². The summed E-state index contributed by atoms with van der Waals surface area (Å²) in [6.45, 7) is 16.3. The Bertz CT molecular complexity index is 3650. The second-order valence-electron chi connectivity index (χ2n) is 25.7.